The zero-order chi connectivity index (χ0) is 18.0. The van der Waals surface area contributed by atoms with Gasteiger partial charge in [0.05, 0.1) is 5.69 Å². The van der Waals surface area contributed by atoms with Gasteiger partial charge in [0.2, 0.25) is 0 Å². The van der Waals surface area contributed by atoms with Crippen LogP contribution in [0.15, 0.2) is 24.4 Å². The number of thiophene rings is 1. The third-order valence-corrected chi connectivity index (χ3v) is 5.72. The lowest BCUT2D eigenvalue weighted by atomic mass is 9.90. The van der Waals surface area contributed by atoms with Gasteiger partial charge in [-0.05, 0) is 55.9 Å². The molecule has 2 heterocycles. The molecule has 0 fully saturated rings. The second-order valence-electron chi connectivity index (χ2n) is 6.29. The number of amides is 1. The molecule has 0 saturated heterocycles. The molecule has 0 aromatic carbocycles. The Morgan fingerprint density at radius 2 is 2.28 bits per heavy atom. The fourth-order valence-corrected chi connectivity index (χ4v) is 4.05. The van der Waals surface area contributed by atoms with Crippen molar-refractivity contribution >= 4 is 40.5 Å². The Morgan fingerprint density at radius 3 is 3.04 bits per heavy atom. The first-order valence-corrected chi connectivity index (χ1v) is 9.37. The van der Waals surface area contributed by atoms with E-state index >= 15 is 0 Å². The maximum absolute atomic E-state index is 12.3. The van der Waals surface area contributed by atoms with Crippen molar-refractivity contribution < 1.29 is 14.3 Å². The van der Waals surface area contributed by atoms with Crippen molar-refractivity contribution in [3.8, 4) is 0 Å². The van der Waals surface area contributed by atoms with E-state index in [1.54, 1.807) is 12.1 Å². The molecule has 0 aliphatic heterocycles. The van der Waals surface area contributed by atoms with Gasteiger partial charge in [0.1, 0.15) is 4.88 Å². The average molecular weight is 379 g/mol. The number of ether oxygens (including phenoxy) is 1. The van der Waals surface area contributed by atoms with Crippen molar-refractivity contribution in [2.24, 2.45) is 5.92 Å². The number of nitrogens with one attached hydrogen (secondary N) is 1. The molecule has 1 aliphatic rings. The summed E-state index contributed by atoms with van der Waals surface area (Å²) in [4.78, 5) is 30.2. The number of pyridine rings is 1. The number of halogens is 1. The lowest BCUT2D eigenvalue weighted by Crippen LogP contribution is -2.30. The standard InChI is InChI=1S/C18H19ClN2O3S/c1-10-5-6-14-12(8-10)9-15(25-14)18(23)24-11(2)17(22)21-13-4-3-7-20-16(13)19/h3-4,7,9-11H,5-6,8H2,1-2H3,(H,21,22)/t10-,11+/m1/s1. The number of nitrogens with zero attached hydrogens (tertiary/aromatic N) is 1. The van der Waals surface area contributed by atoms with Gasteiger partial charge in [-0.3, -0.25) is 4.79 Å². The molecule has 0 spiro atoms. The number of aromatic nitrogens is 1. The molecule has 1 amide bonds. The maximum atomic E-state index is 12.3. The van der Waals surface area contributed by atoms with Crippen LogP contribution in [-0.4, -0.2) is 23.0 Å². The highest BCUT2D eigenvalue weighted by molar-refractivity contribution is 7.14. The molecule has 1 aliphatic carbocycles. The first kappa shape index (κ1) is 17.9. The smallest absolute Gasteiger partial charge is 0.349 e. The molecule has 0 unspecified atom stereocenters. The second kappa shape index (κ2) is 7.54. The van der Waals surface area contributed by atoms with Gasteiger partial charge in [-0.25, -0.2) is 9.78 Å². The summed E-state index contributed by atoms with van der Waals surface area (Å²) in [5, 5.41) is 2.80. The Balaban J connectivity index is 1.62. The first-order chi connectivity index (χ1) is 11.9. The van der Waals surface area contributed by atoms with E-state index < -0.39 is 18.0 Å². The highest BCUT2D eigenvalue weighted by Gasteiger charge is 2.24. The number of fused-ring (bicyclic) bond motifs is 1. The number of hydrogen-bond donors (Lipinski definition) is 1. The van der Waals surface area contributed by atoms with E-state index in [1.165, 1.54) is 34.9 Å². The Bertz CT molecular complexity index is 805. The minimum absolute atomic E-state index is 0.189. The molecule has 0 saturated carbocycles. The summed E-state index contributed by atoms with van der Waals surface area (Å²) < 4.78 is 5.31. The molecule has 0 radical (unpaired) electrons. The van der Waals surface area contributed by atoms with E-state index in [1.807, 2.05) is 6.07 Å². The Kier molecular flexibility index (Phi) is 5.39. The van der Waals surface area contributed by atoms with Crippen molar-refractivity contribution in [1.82, 2.24) is 4.98 Å². The number of carbonyl (C=O) groups excluding carboxylic acids is 2. The van der Waals surface area contributed by atoms with Crippen LogP contribution < -0.4 is 5.32 Å². The Labute approximate surface area is 155 Å². The summed E-state index contributed by atoms with van der Waals surface area (Å²) in [5.74, 6) is -0.273. The summed E-state index contributed by atoms with van der Waals surface area (Å²) in [6, 6.07) is 5.20. The van der Waals surface area contributed by atoms with Crippen LogP contribution in [0.5, 0.6) is 0 Å². The van der Waals surface area contributed by atoms with Crippen molar-refractivity contribution in [2.45, 2.75) is 39.2 Å². The minimum Gasteiger partial charge on any atom is -0.448 e. The number of hydrogen-bond acceptors (Lipinski definition) is 5. The lowest BCUT2D eigenvalue weighted by Gasteiger charge is -2.16. The summed E-state index contributed by atoms with van der Waals surface area (Å²) in [5.41, 5.74) is 1.62. The normalized spacial score (nSPS) is 17.5. The monoisotopic (exact) mass is 378 g/mol. The molecule has 2 aromatic heterocycles. The number of anilines is 1. The van der Waals surface area contributed by atoms with Gasteiger partial charge < -0.3 is 10.1 Å². The van der Waals surface area contributed by atoms with Gasteiger partial charge in [0.25, 0.3) is 5.91 Å². The van der Waals surface area contributed by atoms with Gasteiger partial charge in [-0.2, -0.15) is 0 Å². The van der Waals surface area contributed by atoms with Crippen LogP contribution in [0.2, 0.25) is 5.15 Å². The first-order valence-electron chi connectivity index (χ1n) is 8.18. The fourth-order valence-electron chi connectivity index (χ4n) is 2.79. The predicted octanol–water partition coefficient (Wildman–Crippen LogP) is 4.11. The van der Waals surface area contributed by atoms with Crippen LogP contribution in [0.25, 0.3) is 0 Å². The fraction of sp³-hybridized carbons (Fsp3) is 0.389. The zero-order valence-corrected chi connectivity index (χ0v) is 15.6. The third kappa shape index (κ3) is 4.19. The third-order valence-electron chi connectivity index (χ3n) is 4.20. The van der Waals surface area contributed by atoms with Crippen LogP contribution >= 0.6 is 22.9 Å². The molecule has 1 N–H and O–H groups in total. The van der Waals surface area contributed by atoms with E-state index in [0.29, 0.717) is 16.5 Å². The van der Waals surface area contributed by atoms with Crippen LogP contribution in [-0.2, 0) is 22.4 Å². The highest BCUT2D eigenvalue weighted by atomic mass is 35.5. The van der Waals surface area contributed by atoms with Crippen LogP contribution in [0.3, 0.4) is 0 Å². The molecule has 132 valence electrons. The van der Waals surface area contributed by atoms with E-state index in [2.05, 4.69) is 17.2 Å². The highest BCUT2D eigenvalue weighted by Crippen LogP contribution is 2.32. The SMILES string of the molecule is C[C@@H]1CCc2sc(C(=O)O[C@@H](C)C(=O)Nc3cccnc3Cl)cc2C1. The van der Waals surface area contributed by atoms with Crippen LogP contribution in [0.4, 0.5) is 5.69 Å². The van der Waals surface area contributed by atoms with Crippen molar-refractivity contribution in [1.29, 1.82) is 0 Å². The molecular weight excluding hydrogens is 360 g/mol. The molecular formula is C18H19ClN2O3S. The van der Waals surface area contributed by atoms with Crippen molar-refractivity contribution in [2.75, 3.05) is 5.32 Å². The molecule has 5 nitrogen and oxygen atoms in total. The second-order valence-corrected chi connectivity index (χ2v) is 7.78. The Morgan fingerprint density at radius 1 is 1.48 bits per heavy atom. The topological polar surface area (TPSA) is 68.3 Å². The van der Waals surface area contributed by atoms with E-state index in [4.69, 9.17) is 16.3 Å². The van der Waals surface area contributed by atoms with E-state index in [0.717, 1.165) is 19.3 Å². The molecule has 3 rings (SSSR count). The molecule has 7 heteroatoms. The molecule has 0 bridgehead atoms. The van der Waals surface area contributed by atoms with Gasteiger partial charge >= 0.3 is 5.97 Å². The summed E-state index contributed by atoms with van der Waals surface area (Å²) in [6.45, 7) is 3.75. The summed E-state index contributed by atoms with van der Waals surface area (Å²) >= 11 is 7.38. The van der Waals surface area contributed by atoms with Gasteiger partial charge in [0.15, 0.2) is 11.3 Å². The largest absolute Gasteiger partial charge is 0.448 e. The predicted molar refractivity (Wildman–Crippen MR) is 98.3 cm³/mol. The van der Waals surface area contributed by atoms with Crippen LogP contribution in [0, 0.1) is 5.92 Å². The number of esters is 1. The van der Waals surface area contributed by atoms with E-state index in [9.17, 15) is 9.59 Å². The summed E-state index contributed by atoms with van der Waals surface area (Å²) in [6.07, 6.45) is 3.74. The van der Waals surface area contributed by atoms with Crippen LogP contribution in [0.1, 0.15) is 40.4 Å². The number of rotatable bonds is 4. The van der Waals surface area contributed by atoms with Gasteiger partial charge in [-0.1, -0.05) is 18.5 Å². The maximum Gasteiger partial charge on any atom is 0.349 e. The lowest BCUT2D eigenvalue weighted by molar-refractivity contribution is -0.123. The van der Waals surface area contributed by atoms with Gasteiger partial charge in [0, 0.05) is 11.1 Å². The van der Waals surface area contributed by atoms with E-state index in [-0.39, 0.29) is 5.15 Å². The quantitative estimate of drug-likeness (QED) is 0.642. The minimum atomic E-state index is -0.929. The molecule has 2 atom stereocenters. The number of carbonyl (C=O) groups is 2. The van der Waals surface area contributed by atoms with Crippen molar-refractivity contribution in [3.63, 3.8) is 0 Å². The van der Waals surface area contributed by atoms with Gasteiger partial charge in [-0.15, -0.1) is 11.3 Å². The molecule has 25 heavy (non-hydrogen) atoms. The Hall–Kier alpha value is -1.92. The summed E-state index contributed by atoms with van der Waals surface area (Å²) in [7, 11) is 0. The molecule has 2 aromatic rings. The number of aryl methyl sites for hydroxylation is 1. The zero-order valence-electron chi connectivity index (χ0n) is 14.0. The average Bonchev–Trinajstić information content (AvgIpc) is 3.00. The van der Waals surface area contributed by atoms with Crippen molar-refractivity contribution in [3.05, 3.63) is 44.9 Å².